The average molecular weight is 220 g/mol. The van der Waals surface area contributed by atoms with Crippen molar-refractivity contribution >= 4 is 5.97 Å². The Morgan fingerprint density at radius 1 is 1.50 bits per heavy atom. The minimum absolute atomic E-state index is 0.0914. The average Bonchev–Trinajstić information content (AvgIpc) is 2.25. The van der Waals surface area contributed by atoms with Crippen LogP contribution in [0, 0.1) is 6.92 Å². The highest BCUT2D eigenvalue weighted by molar-refractivity contribution is 5.73. The van der Waals surface area contributed by atoms with Gasteiger partial charge >= 0.3 is 5.97 Å². The van der Waals surface area contributed by atoms with Gasteiger partial charge in [-0.15, -0.1) is 6.58 Å². The van der Waals surface area contributed by atoms with Crippen molar-refractivity contribution in [3.05, 3.63) is 41.5 Å². The summed E-state index contributed by atoms with van der Waals surface area (Å²) >= 11 is 0. The van der Waals surface area contributed by atoms with Crippen molar-refractivity contribution < 1.29 is 14.6 Å². The SMILES string of the molecule is C=CCc1cc(C)cc(CC(=O)OC)c1O. The number of esters is 1. The lowest BCUT2D eigenvalue weighted by Crippen LogP contribution is -2.05. The third-order valence-corrected chi connectivity index (χ3v) is 2.34. The van der Waals surface area contributed by atoms with E-state index in [1.807, 2.05) is 13.0 Å². The van der Waals surface area contributed by atoms with Gasteiger partial charge in [-0.05, 0) is 18.9 Å². The van der Waals surface area contributed by atoms with E-state index in [4.69, 9.17) is 0 Å². The molecule has 1 aromatic rings. The van der Waals surface area contributed by atoms with Gasteiger partial charge in [0.2, 0.25) is 0 Å². The van der Waals surface area contributed by atoms with Gasteiger partial charge < -0.3 is 9.84 Å². The minimum Gasteiger partial charge on any atom is -0.507 e. The second-order valence-electron chi connectivity index (χ2n) is 3.68. The largest absolute Gasteiger partial charge is 0.507 e. The molecule has 0 saturated heterocycles. The van der Waals surface area contributed by atoms with E-state index in [0.717, 1.165) is 11.1 Å². The van der Waals surface area contributed by atoms with E-state index in [1.54, 1.807) is 12.1 Å². The highest BCUT2D eigenvalue weighted by atomic mass is 16.5. The van der Waals surface area contributed by atoms with Crippen molar-refractivity contribution in [2.45, 2.75) is 19.8 Å². The second-order valence-corrected chi connectivity index (χ2v) is 3.68. The van der Waals surface area contributed by atoms with E-state index >= 15 is 0 Å². The normalized spacial score (nSPS) is 9.88. The molecule has 1 aromatic carbocycles. The van der Waals surface area contributed by atoms with Gasteiger partial charge in [0.05, 0.1) is 13.5 Å². The van der Waals surface area contributed by atoms with Crippen LogP contribution in [0.3, 0.4) is 0 Å². The zero-order valence-corrected chi connectivity index (χ0v) is 9.62. The number of allylic oxidation sites excluding steroid dienone is 1. The summed E-state index contributed by atoms with van der Waals surface area (Å²) < 4.78 is 4.58. The number of carbonyl (C=O) groups excluding carboxylic acids is 1. The van der Waals surface area contributed by atoms with Gasteiger partial charge in [-0.25, -0.2) is 0 Å². The van der Waals surface area contributed by atoms with Crippen molar-refractivity contribution in [2.24, 2.45) is 0 Å². The maximum absolute atomic E-state index is 11.2. The van der Waals surface area contributed by atoms with Crippen LogP contribution in [0.15, 0.2) is 24.8 Å². The Morgan fingerprint density at radius 3 is 2.69 bits per heavy atom. The van der Waals surface area contributed by atoms with Crippen molar-refractivity contribution in [3.63, 3.8) is 0 Å². The van der Waals surface area contributed by atoms with Crippen molar-refractivity contribution in [1.82, 2.24) is 0 Å². The number of benzene rings is 1. The first-order chi connectivity index (χ1) is 7.58. The van der Waals surface area contributed by atoms with E-state index in [-0.39, 0.29) is 18.1 Å². The molecule has 0 aliphatic carbocycles. The van der Waals surface area contributed by atoms with Gasteiger partial charge in [-0.3, -0.25) is 4.79 Å². The maximum atomic E-state index is 11.2. The molecule has 3 heteroatoms. The number of carbonyl (C=O) groups is 1. The summed E-state index contributed by atoms with van der Waals surface area (Å²) in [7, 11) is 1.33. The van der Waals surface area contributed by atoms with Gasteiger partial charge in [-0.1, -0.05) is 23.8 Å². The van der Waals surface area contributed by atoms with Gasteiger partial charge in [-0.2, -0.15) is 0 Å². The zero-order chi connectivity index (χ0) is 12.1. The first kappa shape index (κ1) is 12.3. The Balaban J connectivity index is 3.08. The van der Waals surface area contributed by atoms with Gasteiger partial charge in [0.1, 0.15) is 5.75 Å². The number of aromatic hydroxyl groups is 1. The van der Waals surface area contributed by atoms with Crippen molar-refractivity contribution in [2.75, 3.05) is 7.11 Å². The van der Waals surface area contributed by atoms with Gasteiger partial charge in [0.15, 0.2) is 0 Å². The molecule has 0 heterocycles. The van der Waals surface area contributed by atoms with E-state index in [0.29, 0.717) is 12.0 Å². The van der Waals surface area contributed by atoms with Crippen LogP contribution in [-0.2, 0) is 22.4 Å². The Labute approximate surface area is 95.4 Å². The van der Waals surface area contributed by atoms with Crippen LogP contribution in [0.4, 0.5) is 0 Å². The lowest BCUT2D eigenvalue weighted by molar-refractivity contribution is -0.139. The molecule has 0 bridgehead atoms. The molecule has 0 aromatic heterocycles. The fourth-order valence-electron chi connectivity index (χ4n) is 1.61. The fraction of sp³-hybridized carbons (Fsp3) is 0.308. The lowest BCUT2D eigenvalue weighted by atomic mass is 10.0. The predicted octanol–water partition coefficient (Wildman–Crippen LogP) is 2.14. The number of hydrogen-bond donors (Lipinski definition) is 1. The van der Waals surface area contributed by atoms with Crippen LogP contribution < -0.4 is 0 Å². The van der Waals surface area contributed by atoms with Crippen molar-refractivity contribution in [3.8, 4) is 5.75 Å². The van der Waals surface area contributed by atoms with Crippen LogP contribution in [0.2, 0.25) is 0 Å². The molecule has 86 valence electrons. The minimum atomic E-state index is -0.356. The Hall–Kier alpha value is -1.77. The number of ether oxygens (including phenoxy) is 1. The zero-order valence-electron chi connectivity index (χ0n) is 9.62. The molecule has 1 N–H and O–H groups in total. The summed E-state index contributed by atoms with van der Waals surface area (Å²) in [4.78, 5) is 11.2. The molecule has 0 amide bonds. The summed E-state index contributed by atoms with van der Waals surface area (Å²) in [5.41, 5.74) is 2.39. The second kappa shape index (κ2) is 5.35. The molecule has 16 heavy (non-hydrogen) atoms. The van der Waals surface area contributed by atoms with Crippen LogP contribution in [-0.4, -0.2) is 18.2 Å². The van der Waals surface area contributed by atoms with E-state index in [1.165, 1.54) is 7.11 Å². The topological polar surface area (TPSA) is 46.5 Å². The smallest absolute Gasteiger partial charge is 0.310 e. The Morgan fingerprint density at radius 2 is 2.12 bits per heavy atom. The molecule has 0 aliphatic rings. The molecule has 0 spiro atoms. The van der Waals surface area contributed by atoms with Gasteiger partial charge in [0, 0.05) is 5.56 Å². The number of aryl methyl sites for hydroxylation is 1. The molecule has 0 radical (unpaired) electrons. The molecule has 0 fully saturated rings. The molecule has 0 saturated carbocycles. The Kier molecular flexibility index (Phi) is 4.11. The monoisotopic (exact) mass is 220 g/mol. The first-order valence-corrected chi connectivity index (χ1v) is 5.07. The number of rotatable bonds is 4. The number of methoxy groups -OCH3 is 1. The van der Waals surface area contributed by atoms with E-state index < -0.39 is 0 Å². The summed E-state index contributed by atoms with van der Waals surface area (Å²) in [6, 6.07) is 3.68. The van der Waals surface area contributed by atoms with Gasteiger partial charge in [0.25, 0.3) is 0 Å². The van der Waals surface area contributed by atoms with Crippen molar-refractivity contribution in [1.29, 1.82) is 0 Å². The molecule has 1 rings (SSSR count). The number of phenolic OH excluding ortho intramolecular Hbond substituents is 1. The van der Waals surface area contributed by atoms with Crippen LogP contribution in [0.25, 0.3) is 0 Å². The maximum Gasteiger partial charge on any atom is 0.310 e. The molecular weight excluding hydrogens is 204 g/mol. The summed E-state index contributed by atoms with van der Waals surface area (Å²) in [5, 5.41) is 9.93. The van der Waals surface area contributed by atoms with E-state index in [9.17, 15) is 9.90 Å². The molecule has 0 aliphatic heterocycles. The summed E-state index contributed by atoms with van der Waals surface area (Å²) in [5.74, 6) is -0.193. The fourth-order valence-corrected chi connectivity index (χ4v) is 1.61. The first-order valence-electron chi connectivity index (χ1n) is 5.07. The van der Waals surface area contributed by atoms with E-state index in [2.05, 4.69) is 11.3 Å². The highest BCUT2D eigenvalue weighted by Gasteiger charge is 2.11. The Bertz CT molecular complexity index is 408. The lowest BCUT2D eigenvalue weighted by Gasteiger charge is -2.09. The molecule has 0 unspecified atom stereocenters. The predicted molar refractivity (Wildman–Crippen MR) is 62.5 cm³/mol. The van der Waals surface area contributed by atoms with Crippen LogP contribution in [0.1, 0.15) is 16.7 Å². The summed E-state index contributed by atoms with van der Waals surface area (Å²) in [6.07, 6.45) is 2.40. The number of phenols is 1. The molecule has 0 atom stereocenters. The van der Waals surface area contributed by atoms with Crippen LogP contribution >= 0.6 is 0 Å². The quantitative estimate of drug-likeness (QED) is 0.624. The van der Waals surface area contributed by atoms with Crippen LogP contribution in [0.5, 0.6) is 5.75 Å². The molecule has 3 nitrogen and oxygen atoms in total. The summed E-state index contributed by atoms with van der Waals surface area (Å²) in [6.45, 7) is 5.55. The highest BCUT2D eigenvalue weighted by Crippen LogP contribution is 2.25. The number of hydrogen-bond acceptors (Lipinski definition) is 3. The third-order valence-electron chi connectivity index (χ3n) is 2.34. The molecular formula is C13H16O3. The standard InChI is InChI=1S/C13H16O3/c1-4-5-10-6-9(2)7-11(13(10)15)8-12(14)16-3/h4,6-7,15H,1,5,8H2,2-3H3. The third kappa shape index (κ3) is 2.86.